The van der Waals surface area contributed by atoms with Gasteiger partial charge >= 0.3 is 0 Å². The zero-order chi connectivity index (χ0) is 15.2. The topological polar surface area (TPSA) is 12.0 Å². The van der Waals surface area contributed by atoms with E-state index in [9.17, 15) is 4.39 Å². The fourth-order valence-corrected chi connectivity index (χ4v) is 3.68. The molecule has 3 unspecified atom stereocenters. The van der Waals surface area contributed by atoms with Crippen LogP contribution in [-0.2, 0) is 6.42 Å². The fraction of sp³-hybridized carbons (Fsp3) is 0.667. The van der Waals surface area contributed by atoms with Crippen LogP contribution >= 0.6 is 11.6 Å². The van der Waals surface area contributed by atoms with Gasteiger partial charge < -0.3 is 5.32 Å². The highest BCUT2D eigenvalue weighted by molar-refractivity contribution is 6.30. The number of rotatable bonds is 6. The van der Waals surface area contributed by atoms with Crippen LogP contribution in [0.3, 0.4) is 0 Å². The van der Waals surface area contributed by atoms with Crippen molar-refractivity contribution in [1.29, 1.82) is 0 Å². The summed E-state index contributed by atoms with van der Waals surface area (Å²) in [7, 11) is 0. The smallest absolute Gasteiger partial charge is 0.127 e. The summed E-state index contributed by atoms with van der Waals surface area (Å²) in [6, 6.07) is 5.62. The Morgan fingerprint density at radius 2 is 2.10 bits per heavy atom. The Balaban J connectivity index is 2.07. The minimum atomic E-state index is -0.157. The summed E-state index contributed by atoms with van der Waals surface area (Å²) in [5, 5.41) is 4.15. The maximum absolute atomic E-state index is 14.1. The molecule has 3 atom stereocenters. The van der Waals surface area contributed by atoms with E-state index in [1.165, 1.54) is 31.7 Å². The quantitative estimate of drug-likeness (QED) is 0.760. The van der Waals surface area contributed by atoms with Crippen LogP contribution in [0.1, 0.15) is 51.5 Å². The molecule has 1 fully saturated rings. The van der Waals surface area contributed by atoms with Crippen molar-refractivity contribution in [2.24, 2.45) is 11.8 Å². The van der Waals surface area contributed by atoms with Gasteiger partial charge in [0.1, 0.15) is 5.82 Å². The molecule has 1 aromatic rings. The van der Waals surface area contributed by atoms with Crippen molar-refractivity contribution in [2.75, 3.05) is 6.54 Å². The summed E-state index contributed by atoms with van der Waals surface area (Å²) in [6.07, 6.45) is 6.94. The number of nitrogens with one attached hydrogen (secondary N) is 1. The lowest BCUT2D eigenvalue weighted by atomic mass is 9.74. The van der Waals surface area contributed by atoms with E-state index in [2.05, 4.69) is 19.2 Å². The average Bonchev–Trinajstić information content (AvgIpc) is 2.48. The van der Waals surface area contributed by atoms with E-state index in [0.717, 1.165) is 30.9 Å². The monoisotopic (exact) mass is 311 g/mol. The van der Waals surface area contributed by atoms with E-state index in [-0.39, 0.29) is 5.82 Å². The van der Waals surface area contributed by atoms with Gasteiger partial charge in [0.05, 0.1) is 0 Å². The Hall–Kier alpha value is -0.600. The predicted octanol–water partition coefficient (Wildman–Crippen LogP) is 5.22. The average molecular weight is 312 g/mol. The van der Waals surface area contributed by atoms with Crippen LogP contribution in [0.2, 0.25) is 5.02 Å². The minimum absolute atomic E-state index is 0.157. The van der Waals surface area contributed by atoms with Crippen molar-refractivity contribution >= 4 is 11.6 Å². The van der Waals surface area contributed by atoms with Gasteiger partial charge in [-0.25, -0.2) is 4.39 Å². The lowest BCUT2D eigenvalue weighted by Crippen LogP contribution is -2.42. The molecule has 1 aromatic carbocycles. The lowest BCUT2D eigenvalue weighted by Gasteiger charge is -2.37. The van der Waals surface area contributed by atoms with E-state index >= 15 is 0 Å². The molecule has 21 heavy (non-hydrogen) atoms. The van der Waals surface area contributed by atoms with Crippen molar-refractivity contribution in [1.82, 2.24) is 5.32 Å². The second-order valence-electron chi connectivity index (χ2n) is 6.35. The van der Waals surface area contributed by atoms with Gasteiger partial charge in [0.15, 0.2) is 0 Å². The first-order valence-electron chi connectivity index (χ1n) is 8.31. The van der Waals surface area contributed by atoms with Gasteiger partial charge in [-0.15, -0.1) is 0 Å². The van der Waals surface area contributed by atoms with Crippen molar-refractivity contribution < 1.29 is 4.39 Å². The Morgan fingerprint density at radius 1 is 1.29 bits per heavy atom. The van der Waals surface area contributed by atoms with Gasteiger partial charge in [0.2, 0.25) is 0 Å². The standard InChI is InChI=1S/C18H27ClFN/c1-3-9-21-18-8-5-13(4-2)10-15(18)11-14-6-7-16(19)12-17(14)20/h6-7,12-13,15,18,21H,3-5,8-11H2,1-2H3. The van der Waals surface area contributed by atoms with Crippen molar-refractivity contribution in [3.05, 3.63) is 34.6 Å². The zero-order valence-corrected chi connectivity index (χ0v) is 13.9. The van der Waals surface area contributed by atoms with Crippen LogP contribution in [-0.4, -0.2) is 12.6 Å². The molecule has 0 amide bonds. The van der Waals surface area contributed by atoms with E-state index < -0.39 is 0 Å². The Labute approximate surface area is 133 Å². The normalized spacial score (nSPS) is 26.0. The SMILES string of the molecule is CCCNC1CCC(CC)CC1Cc1ccc(Cl)cc1F. The molecular weight excluding hydrogens is 285 g/mol. The molecule has 0 aliphatic heterocycles. The summed E-state index contributed by atoms with van der Waals surface area (Å²) in [5.74, 6) is 1.17. The van der Waals surface area contributed by atoms with Crippen LogP contribution in [0.5, 0.6) is 0 Å². The Morgan fingerprint density at radius 3 is 2.76 bits per heavy atom. The third-order valence-electron chi connectivity index (χ3n) is 4.82. The molecule has 118 valence electrons. The predicted molar refractivity (Wildman–Crippen MR) is 88.3 cm³/mol. The van der Waals surface area contributed by atoms with Crippen LogP contribution in [0.25, 0.3) is 0 Å². The summed E-state index contributed by atoms with van der Waals surface area (Å²) < 4.78 is 14.1. The molecule has 0 bridgehead atoms. The molecule has 2 rings (SSSR count). The van der Waals surface area contributed by atoms with E-state index in [1.807, 2.05) is 6.07 Å². The van der Waals surface area contributed by atoms with Crippen molar-refractivity contribution in [3.63, 3.8) is 0 Å². The summed E-state index contributed by atoms with van der Waals surface area (Å²) >= 11 is 5.85. The first kappa shape index (κ1) is 16.8. The largest absolute Gasteiger partial charge is 0.314 e. The number of halogens is 2. The number of hydrogen-bond donors (Lipinski definition) is 1. The van der Waals surface area contributed by atoms with Crippen LogP contribution in [0.4, 0.5) is 4.39 Å². The van der Waals surface area contributed by atoms with Gasteiger partial charge in [-0.3, -0.25) is 0 Å². The summed E-state index contributed by atoms with van der Waals surface area (Å²) in [4.78, 5) is 0. The first-order valence-corrected chi connectivity index (χ1v) is 8.69. The van der Waals surface area contributed by atoms with Crippen molar-refractivity contribution in [3.8, 4) is 0 Å². The highest BCUT2D eigenvalue weighted by atomic mass is 35.5. The lowest BCUT2D eigenvalue weighted by molar-refractivity contribution is 0.197. The maximum Gasteiger partial charge on any atom is 0.127 e. The second-order valence-corrected chi connectivity index (χ2v) is 6.78. The molecule has 1 nitrogen and oxygen atoms in total. The molecule has 0 spiro atoms. The van der Waals surface area contributed by atoms with E-state index in [0.29, 0.717) is 17.0 Å². The van der Waals surface area contributed by atoms with E-state index in [1.54, 1.807) is 6.07 Å². The molecular formula is C18H27ClFN. The van der Waals surface area contributed by atoms with Gasteiger partial charge in [-0.2, -0.15) is 0 Å². The zero-order valence-electron chi connectivity index (χ0n) is 13.2. The van der Waals surface area contributed by atoms with E-state index in [4.69, 9.17) is 11.6 Å². The molecule has 0 heterocycles. The highest BCUT2D eigenvalue weighted by Crippen LogP contribution is 2.34. The molecule has 0 radical (unpaired) electrons. The third kappa shape index (κ3) is 4.69. The van der Waals surface area contributed by atoms with Crippen LogP contribution in [0, 0.1) is 17.7 Å². The fourth-order valence-electron chi connectivity index (χ4n) is 3.53. The maximum atomic E-state index is 14.1. The molecule has 1 aliphatic carbocycles. The number of hydrogen-bond acceptors (Lipinski definition) is 1. The first-order chi connectivity index (χ1) is 10.1. The summed E-state index contributed by atoms with van der Waals surface area (Å²) in [5.41, 5.74) is 0.810. The minimum Gasteiger partial charge on any atom is -0.314 e. The van der Waals surface area contributed by atoms with Crippen molar-refractivity contribution in [2.45, 2.75) is 58.4 Å². The van der Waals surface area contributed by atoms with Gasteiger partial charge in [0, 0.05) is 11.1 Å². The molecule has 1 aliphatic rings. The Kier molecular flexibility index (Phi) is 6.50. The van der Waals surface area contributed by atoms with Crippen LogP contribution < -0.4 is 5.32 Å². The molecule has 0 saturated heterocycles. The van der Waals surface area contributed by atoms with Gasteiger partial charge in [0.25, 0.3) is 0 Å². The van der Waals surface area contributed by atoms with Gasteiger partial charge in [-0.05, 0) is 68.2 Å². The Bertz CT molecular complexity index is 449. The molecule has 0 aromatic heterocycles. The summed E-state index contributed by atoms with van der Waals surface area (Å²) in [6.45, 7) is 5.52. The second kappa shape index (κ2) is 8.14. The molecule has 1 N–H and O–H groups in total. The molecule has 1 saturated carbocycles. The molecule has 3 heteroatoms. The van der Waals surface area contributed by atoms with Crippen LogP contribution in [0.15, 0.2) is 18.2 Å². The highest BCUT2D eigenvalue weighted by Gasteiger charge is 2.29. The van der Waals surface area contributed by atoms with Gasteiger partial charge in [-0.1, -0.05) is 37.9 Å². The number of benzene rings is 1. The third-order valence-corrected chi connectivity index (χ3v) is 5.06.